The van der Waals surface area contributed by atoms with Crippen molar-refractivity contribution < 1.29 is 4.39 Å². The first-order valence-corrected chi connectivity index (χ1v) is 5.47. The smallest absolute Gasteiger partial charge is 0.126 e. The van der Waals surface area contributed by atoms with Crippen LogP contribution in [0.4, 0.5) is 4.39 Å². The van der Waals surface area contributed by atoms with E-state index in [4.69, 9.17) is 0 Å². The van der Waals surface area contributed by atoms with Gasteiger partial charge < -0.3 is 5.32 Å². The molecule has 1 aliphatic heterocycles. The average Bonchev–Trinajstić information content (AvgIpc) is 2.07. The second kappa shape index (κ2) is 4.41. The third-order valence-electron chi connectivity index (χ3n) is 3.13. The van der Waals surface area contributed by atoms with Gasteiger partial charge in [-0.3, -0.25) is 0 Å². The number of nitrogens with one attached hydrogen (secondary N) is 1. The summed E-state index contributed by atoms with van der Waals surface area (Å²) < 4.78 is 14.3. The van der Waals surface area contributed by atoms with Gasteiger partial charge in [0.2, 0.25) is 0 Å². The fourth-order valence-electron chi connectivity index (χ4n) is 1.97. The molecule has 1 N–H and O–H groups in total. The predicted octanol–water partition coefficient (Wildman–Crippen LogP) is 2.90. The summed E-state index contributed by atoms with van der Waals surface area (Å²) in [7, 11) is 0. The monoisotopic (exact) mass is 187 g/mol. The minimum atomic E-state index is -0.942. The van der Waals surface area contributed by atoms with Gasteiger partial charge in [-0.1, -0.05) is 13.8 Å². The third-order valence-corrected chi connectivity index (χ3v) is 3.13. The highest BCUT2D eigenvalue weighted by Gasteiger charge is 2.37. The van der Waals surface area contributed by atoms with Gasteiger partial charge in [-0.05, 0) is 45.1 Å². The van der Waals surface area contributed by atoms with Gasteiger partial charge in [0.15, 0.2) is 0 Å². The summed E-state index contributed by atoms with van der Waals surface area (Å²) in [6.07, 6.45) is 3.45. The molecule has 0 spiro atoms. The lowest BCUT2D eigenvalue weighted by molar-refractivity contribution is 0.0615. The van der Waals surface area contributed by atoms with E-state index in [0.717, 1.165) is 32.2 Å². The normalized spacial score (nSPS) is 35.3. The first-order chi connectivity index (χ1) is 6.04. The molecule has 0 aromatic carbocycles. The van der Waals surface area contributed by atoms with Gasteiger partial charge in [0.1, 0.15) is 5.67 Å². The molecule has 0 aliphatic carbocycles. The second-order valence-electron chi connectivity index (χ2n) is 4.75. The van der Waals surface area contributed by atoms with Crippen molar-refractivity contribution in [3.05, 3.63) is 0 Å². The molecule has 2 unspecified atom stereocenters. The van der Waals surface area contributed by atoms with Crippen LogP contribution in [0.2, 0.25) is 0 Å². The summed E-state index contributed by atoms with van der Waals surface area (Å²) >= 11 is 0. The van der Waals surface area contributed by atoms with E-state index in [-0.39, 0.29) is 6.04 Å². The minimum absolute atomic E-state index is 0.0417. The van der Waals surface area contributed by atoms with Crippen molar-refractivity contribution in [1.82, 2.24) is 5.32 Å². The SMILES string of the molecule is CC(C)CCC1(F)CCCNC1C. The highest BCUT2D eigenvalue weighted by atomic mass is 19.1. The van der Waals surface area contributed by atoms with Crippen LogP contribution in [-0.2, 0) is 0 Å². The summed E-state index contributed by atoms with van der Waals surface area (Å²) in [5.74, 6) is 0.613. The number of hydrogen-bond acceptors (Lipinski definition) is 1. The van der Waals surface area contributed by atoms with E-state index >= 15 is 0 Å². The Kier molecular flexibility index (Phi) is 3.72. The largest absolute Gasteiger partial charge is 0.311 e. The molecule has 0 radical (unpaired) electrons. The maximum atomic E-state index is 14.3. The molecule has 2 heteroatoms. The summed E-state index contributed by atoms with van der Waals surface area (Å²) in [6.45, 7) is 7.27. The molecule has 13 heavy (non-hydrogen) atoms. The molecular formula is C11H22FN. The molecule has 0 bridgehead atoms. The Balaban J connectivity index is 2.42. The van der Waals surface area contributed by atoms with Crippen molar-refractivity contribution in [2.75, 3.05) is 6.54 Å². The van der Waals surface area contributed by atoms with Gasteiger partial charge in [-0.2, -0.15) is 0 Å². The Hall–Kier alpha value is -0.110. The van der Waals surface area contributed by atoms with Gasteiger partial charge in [-0.15, -0.1) is 0 Å². The second-order valence-corrected chi connectivity index (χ2v) is 4.75. The lowest BCUT2D eigenvalue weighted by atomic mass is 9.83. The van der Waals surface area contributed by atoms with Gasteiger partial charge in [0, 0.05) is 6.04 Å². The summed E-state index contributed by atoms with van der Waals surface area (Å²) in [5, 5.41) is 3.22. The lowest BCUT2D eigenvalue weighted by Crippen LogP contribution is -2.50. The van der Waals surface area contributed by atoms with E-state index in [1.807, 2.05) is 6.92 Å². The molecule has 0 amide bonds. The number of hydrogen-bond donors (Lipinski definition) is 1. The first kappa shape index (κ1) is 11.0. The average molecular weight is 187 g/mol. The number of piperidine rings is 1. The molecule has 0 aromatic heterocycles. The van der Waals surface area contributed by atoms with E-state index in [0.29, 0.717) is 5.92 Å². The van der Waals surface area contributed by atoms with Crippen LogP contribution in [0.15, 0.2) is 0 Å². The van der Waals surface area contributed by atoms with E-state index in [2.05, 4.69) is 19.2 Å². The maximum Gasteiger partial charge on any atom is 0.126 e. The molecule has 78 valence electrons. The van der Waals surface area contributed by atoms with E-state index < -0.39 is 5.67 Å². The van der Waals surface area contributed by atoms with Crippen molar-refractivity contribution in [3.8, 4) is 0 Å². The topological polar surface area (TPSA) is 12.0 Å². The van der Waals surface area contributed by atoms with Crippen LogP contribution in [0.1, 0.15) is 46.5 Å². The van der Waals surface area contributed by atoms with Gasteiger partial charge in [0.05, 0.1) is 0 Å². The zero-order valence-corrected chi connectivity index (χ0v) is 9.07. The van der Waals surface area contributed by atoms with Crippen LogP contribution < -0.4 is 5.32 Å². The molecule has 1 nitrogen and oxygen atoms in total. The van der Waals surface area contributed by atoms with Crippen molar-refractivity contribution in [2.45, 2.75) is 58.2 Å². The van der Waals surface area contributed by atoms with Crippen LogP contribution in [0.5, 0.6) is 0 Å². The zero-order valence-electron chi connectivity index (χ0n) is 9.07. The van der Waals surface area contributed by atoms with Gasteiger partial charge in [-0.25, -0.2) is 4.39 Å². The van der Waals surface area contributed by atoms with Crippen LogP contribution in [0, 0.1) is 5.92 Å². The highest BCUT2D eigenvalue weighted by Crippen LogP contribution is 2.32. The summed E-state index contributed by atoms with van der Waals surface area (Å²) in [6, 6.07) is 0.0417. The Bertz CT molecular complexity index is 158. The van der Waals surface area contributed by atoms with Gasteiger partial charge in [0.25, 0.3) is 0 Å². The molecule has 1 fully saturated rings. The summed E-state index contributed by atoms with van der Waals surface area (Å²) in [4.78, 5) is 0. The van der Waals surface area contributed by atoms with Crippen LogP contribution in [-0.4, -0.2) is 18.3 Å². The van der Waals surface area contributed by atoms with E-state index in [9.17, 15) is 4.39 Å². The predicted molar refractivity (Wildman–Crippen MR) is 54.6 cm³/mol. The minimum Gasteiger partial charge on any atom is -0.311 e. The Labute approximate surface area is 81.1 Å². The number of rotatable bonds is 3. The Morgan fingerprint density at radius 3 is 2.77 bits per heavy atom. The third kappa shape index (κ3) is 2.94. The summed E-state index contributed by atoms with van der Waals surface area (Å²) in [5.41, 5.74) is -0.942. The highest BCUT2D eigenvalue weighted by molar-refractivity contribution is 4.92. The lowest BCUT2D eigenvalue weighted by Gasteiger charge is -2.37. The number of alkyl halides is 1. The maximum absolute atomic E-state index is 14.3. The molecule has 2 atom stereocenters. The van der Waals surface area contributed by atoms with Gasteiger partial charge >= 0.3 is 0 Å². The van der Waals surface area contributed by atoms with Crippen LogP contribution in [0.3, 0.4) is 0 Å². The first-order valence-electron chi connectivity index (χ1n) is 5.47. The zero-order chi connectivity index (χ0) is 9.90. The van der Waals surface area contributed by atoms with Crippen molar-refractivity contribution in [2.24, 2.45) is 5.92 Å². The molecule has 1 rings (SSSR count). The molecule has 0 aromatic rings. The molecule has 1 aliphatic rings. The Morgan fingerprint density at radius 2 is 2.23 bits per heavy atom. The molecule has 1 saturated heterocycles. The van der Waals surface area contributed by atoms with Crippen LogP contribution in [0.25, 0.3) is 0 Å². The van der Waals surface area contributed by atoms with Crippen LogP contribution >= 0.6 is 0 Å². The van der Waals surface area contributed by atoms with E-state index in [1.54, 1.807) is 0 Å². The standard InChI is InChI=1S/C11H22FN/c1-9(2)5-7-11(12)6-4-8-13-10(11)3/h9-10,13H,4-8H2,1-3H3. The fraction of sp³-hybridized carbons (Fsp3) is 1.00. The Morgan fingerprint density at radius 1 is 1.54 bits per heavy atom. The molecular weight excluding hydrogens is 165 g/mol. The van der Waals surface area contributed by atoms with Crippen molar-refractivity contribution in [1.29, 1.82) is 0 Å². The quantitative estimate of drug-likeness (QED) is 0.716. The molecule has 1 heterocycles. The molecule has 0 saturated carbocycles. The van der Waals surface area contributed by atoms with Crippen molar-refractivity contribution >= 4 is 0 Å². The van der Waals surface area contributed by atoms with E-state index in [1.165, 1.54) is 0 Å². The number of halogens is 1. The fourth-order valence-corrected chi connectivity index (χ4v) is 1.97. The van der Waals surface area contributed by atoms with Crippen molar-refractivity contribution in [3.63, 3.8) is 0 Å².